The van der Waals surface area contributed by atoms with Crippen molar-refractivity contribution in [1.82, 2.24) is 14.3 Å². The number of fused-ring (bicyclic) bond motifs is 1. The van der Waals surface area contributed by atoms with Gasteiger partial charge in [-0.05, 0) is 31.0 Å². The van der Waals surface area contributed by atoms with Crippen LogP contribution in [0.15, 0.2) is 29.6 Å². The molecule has 1 aromatic carbocycles. The standard InChI is InChI=1S/C16H16F3N3O/c1-9(17)5-10(2)22-16(23)21-14(3-4-15(21)20-22)11-6-12(18)8-13(19)7-11/h6-9,14H,2-5H2,1H3. The second-order valence-corrected chi connectivity index (χ2v) is 5.79. The zero-order chi connectivity index (χ0) is 16.7. The molecule has 0 aliphatic carbocycles. The van der Waals surface area contributed by atoms with Crippen LogP contribution in [0.1, 0.15) is 37.2 Å². The lowest BCUT2D eigenvalue weighted by Crippen LogP contribution is -2.27. The van der Waals surface area contributed by atoms with E-state index >= 15 is 0 Å². The molecule has 23 heavy (non-hydrogen) atoms. The normalized spacial score (nSPS) is 18.0. The molecule has 2 atom stereocenters. The van der Waals surface area contributed by atoms with E-state index in [1.807, 2.05) is 0 Å². The number of halogens is 3. The second-order valence-electron chi connectivity index (χ2n) is 5.79. The maximum atomic E-state index is 13.4. The second kappa shape index (κ2) is 5.72. The minimum atomic E-state index is -1.14. The van der Waals surface area contributed by atoms with Crippen LogP contribution in [-0.2, 0) is 6.42 Å². The number of alkyl halides is 1. The summed E-state index contributed by atoms with van der Waals surface area (Å²) in [4.78, 5) is 12.5. The molecule has 0 N–H and O–H groups in total. The molecule has 7 heteroatoms. The van der Waals surface area contributed by atoms with Crippen LogP contribution in [0.4, 0.5) is 13.2 Å². The Bertz CT molecular complexity index is 802. The molecule has 0 saturated carbocycles. The van der Waals surface area contributed by atoms with Crippen molar-refractivity contribution in [2.75, 3.05) is 0 Å². The molecule has 2 unspecified atom stereocenters. The topological polar surface area (TPSA) is 39.8 Å². The van der Waals surface area contributed by atoms with Gasteiger partial charge in [-0.2, -0.15) is 9.78 Å². The van der Waals surface area contributed by atoms with Gasteiger partial charge in [-0.1, -0.05) is 6.58 Å². The predicted molar refractivity (Wildman–Crippen MR) is 79.8 cm³/mol. The van der Waals surface area contributed by atoms with Crippen molar-refractivity contribution < 1.29 is 13.2 Å². The van der Waals surface area contributed by atoms with Crippen LogP contribution >= 0.6 is 0 Å². The smallest absolute Gasteiger partial charge is 0.271 e. The van der Waals surface area contributed by atoms with E-state index in [2.05, 4.69) is 11.7 Å². The molecule has 0 bridgehead atoms. The summed E-state index contributed by atoms with van der Waals surface area (Å²) in [5.41, 5.74) is 0.182. The highest BCUT2D eigenvalue weighted by Crippen LogP contribution is 2.30. The number of aromatic nitrogens is 3. The van der Waals surface area contributed by atoms with Crippen molar-refractivity contribution >= 4 is 5.70 Å². The van der Waals surface area contributed by atoms with Crippen LogP contribution in [0.25, 0.3) is 5.70 Å². The summed E-state index contributed by atoms with van der Waals surface area (Å²) in [7, 11) is 0. The summed E-state index contributed by atoms with van der Waals surface area (Å²) in [5.74, 6) is -0.869. The number of aryl methyl sites for hydroxylation is 1. The number of benzene rings is 1. The molecule has 2 heterocycles. The van der Waals surface area contributed by atoms with Gasteiger partial charge in [0.2, 0.25) is 0 Å². The van der Waals surface area contributed by atoms with Crippen molar-refractivity contribution in [2.24, 2.45) is 0 Å². The first-order valence-electron chi connectivity index (χ1n) is 7.35. The number of nitrogens with zero attached hydrogens (tertiary/aromatic N) is 3. The average Bonchev–Trinajstić information content (AvgIpc) is 2.98. The quantitative estimate of drug-likeness (QED) is 0.867. The monoisotopic (exact) mass is 323 g/mol. The van der Waals surface area contributed by atoms with Gasteiger partial charge in [0.05, 0.1) is 6.04 Å². The first kappa shape index (κ1) is 15.6. The fourth-order valence-corrected chi connectivity index (χ4v) is 3.00. The Hall–Kier alpha value is -2.31. The number of allylic oxidation sites excluding steroid dienone is 1. The zero-order valence-electron chi connectivity index (χ0n) is 12.6. The predicted octanol–water partition coefficient (Wildman–Crippen LogP) is 3.08. The summed E-state index contributed by atoms with van der Waals surface area (Å²) in [5, 5.41) is 4.18. The Labute approximate surface area is 130 Å². The Morgan fingerprint density at radius 3 is 2.65 bits per heavy atom. The number of hydrogen-bond acceptors (Lipinski definition) is 2. The van der Waals surface area contributed by atoms with Crippen molar-refractivity contribution in [2.45, 2.75) is 38.4 Å². The van der Waals surface area contributed by atoms with Gasteiger partial charge in [0.25, 0.3) is 0 Å². The number of rotatable bonds is 4. The molecule has 1 aliphatic heterocycles. The maximum Gasteiger partial charge on any atom is 0.350 e. The minimum absolute atomic E-state index is 0.00435. The van der Waals surface area contributed by atoms with E-state index < -0.39 is 29.5 Å². The first-order chi connectivity index (χ1) is 10.9. The Kier molecular flexibility index (Phi) is 3.87. The summed E-state index contributed by atoms with van der Waals surface area (Å²) < 4.78 is 42.5. The van der Waals surface area contributed by atoms with E-state index in [1.54, 1.807) is 0 Å². The van der Waals surface area contributed by atoms with Crippen molar-refractivity contribution in [1.29, 1.82) is 0 Å². The van der Waals surface area contributed by atoms with Gasteiger partial charge in [0.15, 0.2) is 0 Å². The molecule has 0 spiro atoms. The zero-order valence-corrected chi connectivity index (χ0v) is 12.6. The van der Waals surface area contributed by atoms with Crippen molar-refractivity contribution in [3.05, 3.63) is 58.3 Å². The van der Waals surface area contributed by atoms with Crippen LogP contribution < -0.4 is 5.69 Å². The largest absolute Gasteiger partial charge is 0.350 e. The van der Waals surface area contributed by atoms with Crippen LogP contribution in [0, 0.1) is 11.6 Å². The third-order valence-corrected chi connectivity index (χ3v) is 3.92. The molecule has 4 nitrogen and oxygen atoms in total. The van der Waals surface area contributed by atoms with Crippen LogP contribution in [0.2, 0.25) is 0 Å². The van der Waals surface area contributed by atoms with Gasteiger partial charge in [-0.15, -0.1) is 0 Å². The Balaban J connectivity index is 2.01. The van der Waals surface area contributed by atoms with Gasteiger partial charge in [0.1, 0.15) is 23.6 Å². The third kappa shape index (κ3) is 2.83. The molecule has 0 saturated heterocycles. The Morgan fingerprint density at radius 2 is 2.04 bits per heavy atom. The fraction of sp³-hybridized carbons (Fsp3) is 0.375. The lowest BCUT2D eigenvalue weighted by atomic mass is 10.0. The minimum Gasteiger partial charge on any atom is -0.271 e. The lowest BCUT2D eigenvalue weighted by Gasteiger charge is -2.13. The van der Waals surface area contributed by atoms with Gasteiger partial charge in [-0.3, -0.25) is 4.57 Å². The molecule has 2 aromatic rings. The molecule has 3 rings (SSSR count). The molecule has 0 fully saturated rings. The number of hydrogen-bond donors (Lipinski definition) is 0. The summed E-state index contributed by atoms with van der Waals surface area (Å²) in [6.45, 7) is 5.07. The van der Waals surface area contributed by atoms with E-state index in [4.69, 9.17) is 0 Å². The van der Waals surface area contributed by atoms with Crippen LogP contribution in [-0.4, -0.2) is 20.5 Å². The summed E-state index contributed by atoms with van der Waals surface area (Å²) in [6.07, 6.45) is -0.106. The van der Waals surface area contributed by atoms with E-state index in [0.717, 1.165) is 10.7 Å². The average molecular weight is 323 g/mol. The Morgan fingerprint density at radius 1 is 1.39 bits per heavy atom. The van der Waals surface area contributed by atoms with Crippen molar-refractivity contribution in [3.63, 3.8) is 0 Å². The summed E-state index contributed by atoms with van der Waals surface area (Å²) in [6, 6.07) is 2.73. The highest BCUT2D eigenvalue weighted by atomic mass is 19.1. The lowest BCUT2D eigenvalue weighted by molar-refractivity contribution is 0.364. The molecule has 0 amide bonds. The van der Waals surface area contributed by atoms with Crippen LogP contribution in [0.3, 0.4) is 0 Å². The summed E-state index contributed by atoms with van der Waals surface area (Å²) >= 11 is 0. The third-order valence-electron chi connectivity index (χ3n) is 3.92. The van der Waals surface area contributed by atoms with Crippen molar-refractivity contribution in [3.8, 4) is 0 Å². The molecular weight excluding hydrogens is 307 g/mol. The van der Waals surface area contributed by atoms with Gasteiger partial charge in [0, 0.05) is 24.6 Å². The highest BCUT2D eigenvalue weighted by Gasteiger charge is 2.30. The maximum absolute atomic E-state index is 13.4. The molecule has 122 valence electrons. The van der Waals surface area contributed by atoms with Gasteiger partial charge >= 0.3 is 5.69 Å². The molecular formula is C16H16F3N3O. The molecule has 1 aliphatic rings. The fourth-order valence-electron chi connectivity index (χ4n) is 3.00. The van der Waals surface area contributed by atoms with E-state index in [0.29, 0.717) is 24.2 Å². The van der Waals surface area contributed by atoms with E-state index in [-0.39, 0.29) is 12.1 Å². The molecule has 1 aromatic heterocycles. The SMILES string of the molecule is C=C(CC(C)F)n1nc2n(c1=O)C(c1cc(F)cc(F)c1)CC2. The molecule has 0 radical (unpaired) electrons. The van der Waals surface area contributed by atoms with Gasteiger partial charge < -0.3 is 0 Å². The van der Waals surface area contributed by atoms with E-state index in [9.17, 15) is 18.0 Å². The highest BCUT2D eigenvalue weighted by molar-refractivity contribution is 5.40. The van der Waals surface area contributed by atoms with Crippen LogP contribution in [0.5, 0.6) is 0 Å². The van der Waals surface area contributed by atoms with E-state index in [1.165, 1.54) is 23.6 Å². The van der Waals surface area contributed by atoms with Gasteiger partial charge in [-0.25, -0.2) is 18.0 Å². The first-order valence-corrected chi connectivity index (χ1v) is 7.35.